The van der Waals surface area contributed by atoms with Crippen LogP contribution in [0.4, 0.5) is 4.39 Å². The Balaban J connectivity index is 2.37. The fraction of sp³-hybridized carbons (Fsp3) is 0.231. The number of halogens is 1. The van der Waals surface area contributed by atoms with E-state index in [1.807, 2.05) is 0 Å². The zero-order valence-electron chi connectivity index (χ0n) is 10.3. The summed E-state index contributed by atoms with van der Waals surface area (Å²) in [4.78, 5) is 15.7. The molecule has 1 N–H and O–H groups in total. The average Bonchev–Trinajstić information content (AvgIpc) is 2.75. The minimum atomic E-state index is -0.432. The Morgan fingerprint density at radius 1 is 1.50 bits per heavy atom. The summed E-state index contributed by atoms with van der Waals surface area (Å²) in [6, 6.07) is 4.47. The molecular formula is C13H14FN3O. The molecule has 1 heterocycles. The second-order valence-corrected chi connectivity index (χ2v) is 3.96. The predicted octanol–water partition coefficient (Wildman–Crippen LogP) is 1.72. The summed E-state index contributed by atoms with van der Waals surface area (Å²) in [5.41, 5.74) is 0.759. The quantitative estimate of drug-likeness (QED) is 0.837. The molecule has 0 amide bonds. The van der Waals surface area contributed by atoms with Crippen LogP contribution in [0.2, 0.25) is 0 Å². The van der Waals surface area contributed by atoms with Crippen molar-refractivity contribution in [2.75, 3.05) is 13.6 Å². The first-order valence-electron chi connectivity index (χ1n) is 5.61. The summed E-state index contributed by atoms with van der Waals surface area (Å²) in [6.45, 7) is 1.99. The third kappa shape index (κ3) is 2.31. The Labute approximate surface area is 104 Å². The third-order valence-corrected chi connectivity index (χ3v) is 2.69. The van der Waals surface area contributed by atoms with Crippen molar-refractivity contribution >= 4 is 5.78 Å². The second kappa shape index (κ2) is 5.10. The largest absolute Gasteiger partial charge is 0.313 e. The number of Topliss-reactive ketones (excluding diaryl/α,β-unsaturated/α-hetero) is 1. The summed E-state index contributed by atoms with van der Waals surface area (Å²) < 4.78 is 15.6. The van der Waals surface area contributed by atoms with E-state index in [2.05, 4.69) is 10.3 Å². The van der Waals surface area contributed by atoms with Crippen LogP contribution in [0.15, 0.2) is 30.6 Å². The molecule has 94 valence electrons. The maximum Gasteiger partial charge on any atom is 0.176 e. The van der Waals surface area contributed by atoms with E-state index < -0.39 is 5.82 Å². The van der Waals surface area contributed by atoms with Gasteiger partial charge in [0.25, 0.3) is 0 Å². The molecular weight excluding hydrogens is 233 g/mol. The van der Waals surface area contributed by atoms with E-state index in [0.29, 0.717) is 17.1 Å². The molecule has 2 rings (SSSR count). The van der Waals surface area contributed by atoms with Gasteiger partial charge in [-0.25, -0.2) is 9.37 Å². The Kier molecular flexibility index (Phi) is 3.53. The smallest absolute Gasteiger partial charge is 0.176 e. The van der Waals surface area contributed by atoms with Crippen LogP contribution in [0, 0.1) is 12.7 Å². The molecule has 0 spiro atoms. The molecule has 0 unspecified atom stereocenters. The van der Waals surface area contributed by atoms with Gasteiger partial charge in [-0.2, -0.15) is 0 Å². The number of imidazole rings is 1. The highest BCUT2D eigenvalue weighted by Crippen LogP contribution is 2.16. The summed E-state index contributed by atoms with van der Waals surface area (Å²) in [6.07, 6.45) is 3.29. The fourth-order valence-corrected chi connectivity index (χ4v) is 1.77. The van der Waals surface area contributed by atoms with Crippen LogP contribution in [-0.4, -0.2) is 28.9 Å². The van der Waals surface area contributed by atoms with Crippen LogP contribution in [-0.2, 0) is 0 Å². The van der Waals surface area contributed by atoms with Gasteiger partial charge < -0.3 is 9.88 Å². The highest BCUT2D eigenvalue weighted by atomic mass is 19.1. The van der Waals surface area contributed by atoms with Gasteiger partial charge in [0.15, 0.2) is 5.78 Å². The zero-order chi connectivity index (χ0) is 13.1. The first kappa shape index (κ1) is 12.4. The van der Waals surface area contributed by atoms with E-state index in [4.69, 9.17) is 0 Å². The first-order valence-corrected chi connectivity index (χ1v) is 5.61. The number of carbonyl (C=O) groups is 1. The number of likely N-dealkylation sites (N-methyl/N-ethyl adjacent to an activating group) is 1. The molecule has 0 bridgehead atoms. The maximum absolute atomic E-state index is 14.0. The van der Waals surface area contributed by atoms with Crippen molar-refractivity contribution in [1.82, 2.24) is 14.9 Å². The molecule has 0 aliphatic heterocycles. The lowest BCUT2D eigenvalue weighted by atomic mass is 10.1. The lowest BCUT2D eigenvalue weighted by Crippen LogP contribution is -2.18. The normalized spacial score (nSPS) is 10.6. The minimum Gasteiger partial charge on any atom is -0.313 e. The summed E-state index contributed by atoms with van der Waals surface area (Å²) >= 11 is 0. The number of aromatic nitrogens is 2. The van der Waals surface area contributed by atoms with Crippen molar-refractivity contribution in [3.63, 3.8) is 0 Å². The summed E-state index contributed by atoms with van der Waals surface area (Å²) in [5.74, 6) is 0.131. The standard InChI is InChI=1S/C13H14FN3O/c1-9-16-5-6-17(9)12-4-3-10(7-11(12)14)13(18)8-15-2/h3-7,15H,8H2,1-2H3. The van der Waals surface area contributed by atoms with Crippen LogP contribution in [0.1, 0.15) is 16.2 Å². The van der Waals surface area contributed by atoms with Crippen molar-refractivity contribution in [2.45, 2.75) is 6.92 Å². The van der Waals surface area contributed by atoms with Crippen molar-refractivity contribution in [3.05, 3.63) is 47.8 Å². The molecule has 0 atom stereocenters. The number of benzene rings is 1. The number of ketones is 1. The topological polar surface area (TPSA) is 46.9 Å². The van der Waals surface area contributed by atoms with Gasteiger partial charge in [0.05, 0.1) is 12.2 Å². The maximum atomic E-state index is 14.0. The predicted molar refractivity (Wildman–Crippen MR) is 66.5 cm³/mol. The third-order valence-electron chi connectivity index (χ3n) is 2.69. The van der Waals surface area contributed by atoms with Gasteiger partial charge in [0.2, 0.25) is 0 Å². The molecule has 0 radical (unpaired) electrons. The van der Waals surface area contributed by atoms with Crippen molar-refractivity contribution < 1.29 is 9.18 Å². The SMILES string of the molecule is CNCC(=O)c1ccc(-n2ccnc2C)c(F)c1. The molecule has 0 aliphatic carbocycles. The molecule has 4 nitrogen and oxygen atoms in total. The van der Waals surface area contributed by atoms with E-state index in [1.165, 1.54) is 6.07 Å². The number of aryl methyl sites for hydroxylation is 1. The van der Waals surface area contributed by atoms with E-state index in [-0.39, 0.29) is 12.3 Å². The van der Waals surface area contributed by atoms with Gasteiger partial charge in [-0.1, -0.05) is 0 Å². The van der Waals surface area contributed by atoms with Crippen LogP contribution in [0.25, 0.3) is 5.69 Å². The number of rotatable bonds is 4. The Morgan fingerprint density at radius 2 is 2.28 bits per heavy atom. The van der Waals surface area contributed by atoms with Gasteiger partial charge in [-0.15, -0.1) is 0 Å². The van der Waals surface area contributed by atoms with E-state index in [0.717, 1.165) is 0 Å². The molecule has 0 saturated carbocycles. The van der Waals surface area contributed by atoms with Crippen molar-refractivity contribution in [1.29, 1.82) is 0 Å². The average molecular weight is 247 g/mol. The van der Waals surface area contributed by atoms with Gasteiger partial charge in [0.1, 0.15) is 11.6 Å². The first-order chi connectivity index (χ1) is 8.63. The van der Waals surface area contributed by atoms with E-state index in [1.54, 1.807) is 43.1 Å². The highest BCUT2D eigenvalue weighted by molar-refractivity contribution is 5.97. The van der Waals surface area contributed by atoms with E-state index in [9.17, 15) is 9.18 Å². The number of nitrogens with zero attached hydrogens (tertiary/aromatic N) is 2. The Hall–Kier alpha value is -2.01. The number of carbonyl (C=O) groups excluding carboxylic acids is 1. The van der Waals surface area contributed by atoms with Crippen LogP contribution >= 0.6 is 0 Å². The highest BCUT2D eigenvalue weighted by Gasteiger charge is 2.11. The molecule has 5 heteroatoms. The van der Waals surface area contributed by atoms with Crippen LogP contribution in [0.5, 0.6) is 0 Å². The lowest BCUT2D eigenvalue weighted by molar-refractivity contribution is 0.0993. The monoisotopic (exact) mass is 247 g/mol. The Bertz CT molecular complexity index is 577. The number of hydrogen-bond donors (Lipinski definition) is 1. The van der Waals surface area contributed by atoms with Crippen LogP contribution in [0.3, 0.4) is 0 Å². The van der Waals surface area contributed by atoms with Crippen molar-refractivity contribution in [3.8, 4) is 5.69 Å². The van der Waals surface area contributed by atoms with E-state index >= 15 is 0 Å². The zero-order valence-corrected chi connectivity index (χ0v) is 10.3. The minimum absolute atomic E-state index is 0.134. The fourth-order valence-electron chi connectivity index (χ4n) is 1.77. The number of nitrogens with one attached hydrogen (secondary N) is 1. The number of hydrogen-bond acceptors (Lipinski definition) is 3. The molecule has 0 fully saturated rings. The summed E-state index contributed by atoms with van der Waals surface area (Å²) in [5, 5.41) is 2.75. The molecule has 0 aliphatic rings. The molecule has 1 aromatic carbocycles. The molecule has 1 aromatic heterocycles. The van der Waals surface area contributed by atoms with Gasteiger partial charge >= 0.3 is 0 Å². The van der Waals surface area contributed by atoms with Gasteiger partial charge in [-0.3, -0.25) is 4.79 Å². The van der Waals surface area contributed by atoms with Gasteiger partial charge in [0, 0.05) is 18.0 Å². The molecule has 2 aromatic rings. The molecule has 0 saturated heterocycles. The van der Waals surface area contributed by atoms with Gasteiger partial charge in [-0.05, 0) is 32.2 Å². The Morgan fingerprint density at radius 3 is 2.83 bits per heavy atom. The van der Waals surface area contributed by atoms with Crippen molar-refractivity contribution in [2.24, 2.45) is 0 Å². The second-order valence-electron chi connectivity index (χ2n) is 3.96. The summed E-state index contributed by atoms with van der Waals surface area (Å²) in [7, 11) is 1.68. The van der Waals surface area contributed by atoms with Crippen LogP contribution < -0.4 is 5.32 Å². The molecule has 18 heavy (non-hydrogen) atoms. The lowest BCUT2D eigenvalue weighted by Gasteiger charge is -2.08.